The Hall–Kier alpha value is -2.03. The molecule has 0 saturated heterocycles. The highest BCUT2D eigenvalue weighted by atomic mass is 79.9. The predicted octanol–water partition coefficient (Wildman–Crippen LogP) is 21.1. The standard InChI is InChI=1S/C25H21P.C19H33N.C16H36N.C15H31P.BrH.3ClH/c26-25(21-14-6-2-7-15-21,22-16-8-3-9-17-22)24-19-11-10-18-23(24)20-12-4-1-5-13-20;1-4-7-12-17-13-10-11-14-18(17)19(20,15-8-5-2)16-9-6-3;1-5-9-13-17(14-10-6-2,15-11-7-3)16-12-8-4;1-5-8-11-14(4)15(16,12-9-6-2)13-10-7-3;;;;/h1-19H,26H2;10-11,13-14H,4-9,12,15-16,20H2,1-3H3;5-16H2,1-4H3;4-13,16H2,1-3H3;4*1H/q;;+1;;;;;/p-1. The zero-order chi connectivity index (χ0) is 58.1. The van der Waals surface area contributed by atoms with Crippen LogP contribution in [0, 0.1) is 0 Å². The summed E-state index contributed by atoms with van der Waals surface area (Å²) >= 11 is 0. The highest BCUT2D eigenvalue weighted by Crippen LogP contribution is 2.48. The Morgan fingerprint density at radius 3 is 1.14 bits per heavy atom. The van der Waals surface area contributed by atoms with Gasteiger partial charge in [0.2, 0.25) is 0 Å². The second-order valence-corrected chi connectivity index (χ2v) is 25.3. The van der Waals surface area contributed by atoms with Gasteiger partial charge in [0.05, 0.1) is 31.3 Å². The SMILES string of the molecule is C=C(CCCC)C(P)(CCCC)CCCC.CCCC[N+](CCCC)(CCCC)CCCC.CCCCc1ccccc1C(N)(CCCC)CCCC.Cl.Cl.Cl.PC(c1ccccc1)(c1ccccc1)c1ccccc1-c1ccccc1.[Br-]. The van der Waals surface area contributed by atoms with Crippen molar-refractivity contribution in [3.8, 4) is 11.1 Å². The number of aryl methyl sites for hydroxylation is 1. The van der Waals surface area contributed by atoms with Crippen LogP contribution in [0.4, 0.5) is 0 Å². The molecule has 0 aromatic heterocycles. The monoisotopic (exact) mass is 1300 g/mol. The first-order chi connectivity index (χ1) is 38.3. The van der Waals surface area contributed by atoms with Gasteiger partial charge in [-0.2, -0.15) is 0 Å². The maximum absolute atomic E-state index is 6.86. The van der Waals surface area contributed by atoms with E-state index in [9.17, 15) is 0 Å². The molecular weight excluding hydrogens is 1180 g/mol. The van der Waals surface area contributed by atoms with Crippen molar-refractivity contribution in [2.75, 3.05) is 26.2 Å². The number of nitrogens with two attached hydrogens (primary N) is 1. The van der Waals surface area contributed by atoms with E-state index in [1.807, 2.05) is 0 Å². The van der Waals surface area contributed by atoms with E-state index >= 15 is 0 Å². The highest BCUT2D eigenvalue weighted by Gasteiger charge is 2.34. The number of hydrogen-bond donors (Lipinski definition) is 1. The molecule has 0 aliphatic heterocycles. The van der Waals surface area contributed by atoms with Gasteiger partial charge in [-0.3, -0.25) is 0 Å². The smallest absolute Gasteiger partial charge is 0.0786 e. The maximum Gasteiger partial charge on any atom is 0.0786 e. The topological polar surface area (TPSA) is 26.0 Å². The summed E-state index contributed by atoms with van der Waals surface area (Å²) in [6, 6.07) is 49.6. The molecule has 0 aliphatic rings. The number of benzene rings is 5. The van der Waals surface area contributed by atoms with E-state index in [4.69, 9.17) is 5.73 Å². The molecule has 2 nitrogen and oxygen atoms in total. The molecule has 5 aromatic carbocycles. The maximum atomic E-state index is 6.86. The van der Waals surface area contributed by atoms with Crippen LogP contribution in [-0.2, 0) is 17.1 Å². The fraction of sp³-hybridized carbons (Fsp3) is 0.573. The predicted molar refractivity (Wildman–Crippen MR) is 386 cm³/mol. The van der Waals surface area contributed by atoms with E-state index in [-0.39, 0.29) is 64.9 Å². The third-order valence-corrected chi connectivity index (χ3v) is 18.6. The van der Waals surface area contributed by atoms with Crippen molar-refractivity contribution in [2.24, 2.45) is 5.73 Å². The second-order valence-electron chi connectivity index (χ2n) is 23.3. The number of hydrogen-bond acceptors (Lipinski definition) is 1. The van der Waals surface area contributed by atoms with Gasteiger partial charge < -0.3 is 27.2 Å². The summed E-state index contributed by atoms with van der Waals surface area (Å²) in [5, 5.41) is 0.0240. The first-order valence-corrected chi connectivity index (χ1v) is 33.7. The molecule has 8 heteroatoms. The van der Waals surface area contributed by atoms with Crippen molar-refractivity contribution in [3.63, 3.8) is 0 Å². The molecule has 5 rings (SSSR count). The number of rotatable bonds is 36. The van der Waals surface area contributed by atoms with E-state index < -0.39 is 0 Å². The van der Waals surface area contributed by atoms with Gasteiger partial charge in [0, 0.05) is 10.7 Å². The van der Waals surface area contributed by atoms with Gasteiger partial charge in [-0.1, -0.05) is 311 Å². The number of unbranched alkanes of at least 4 members (excludes halogenated alkanes) is 10. The molecule has 0 aliphatic carbocycles. The molecule has 0 amide bonds. The van der Waals surface area contributed by atoms with Crippen LogP contribution in [0.3, 0.4) is 0 Å². The molecule has 472 valence electrons. The van der Waals surface area contributed by atoms with Crippen LogP contribution in [0.2, 0.25) is 0 Å². The van der Waals surface area contributed by atoms with Crippen LogP contribution >= 0.6 is 55.7 Å². The van der Waals surface area contributed by atoms with Crippen LogP contribution < -0.4 is 22.7 Å². The lowest BCUT2D eigenvalue weighted by Gasteiger charge is -2.39. The quantitative estimate of drug-likeness (QED) is 0.0184. The van der Waals surface area contributed by atoms with Crippen LogP contribution in [0.5, 0.6) is 0 Å². The van der Waals surface area contributed by atoms with Crippen molar-refractivity contribution in [3.05, 3.63) is 179 Å². The van der Waals surface area contributed by atoms with E-state index in [2.05, 4.69) is 234 Å². The van der Waals surface area contributed by atoms with Gasteiger partial charge in [-0.25, -0.2) is 0 Å². The first kappa shape index (κ1) is 85.2. The molecule has 0 bridgehead atoms. The van der Waals surface area contributed by atoms with Gasteiger partial charge in [0.1, 0.15) is 0 Å². The Morgan fingerprint density at radius 2 is 0.747 bits per heavy atom. The first-order valence-electron chi connectivity index (χ1n) is 32.6. The Kier molecular flexibility index (Phi) is 52.3. The minimum absolute atomic E-state index is 0. The van der Waals surface area contributed by atoms with E-state index in [0.29, 0.717) is 5.16 Å². The highest BCUT2D eigenvalue weighted by molar-refractivity contribution is 7.19. The Bertz CT molecular complexity index is 2170. The Balaban J connectivity index is -0.00000103. The lowest BCUT2D eigenvalue weighted by molar-refractivity contribution is -0.929. The lowest BCUT2D eigenvalue weighted by atomic mass is 9.78. The molecule has 2 atom stereocenters. The van der Waals surface area contributed by atoms with Gasteiger partial charge in [0.15, 0.2) is 0 Å². The van der Waals surface area contributed by atoms with Crippen molar-refractivity contribution in [1.82, 2.24) is 0 Å². The molecule has 0 saturated carbocycles. The number of nitrogens with zero attached hydrogens (tertiary/aromatic N) is 1. The van der Waals surface area contributed by atoms with E-state index in [0.717, 1.165) is 12.8 Å². The molecule has 0 heterocycles. The van der Waals surface area contributed by atoms with Crippen LogP contribution in [0.1, 0.15) is 258 Å². The van der Waals surface area contributed by atoms with Crippen molar-refractivity contribution in [2.45, 2.75) is 252 Å². The summed E-state index contributed by atoms with van der Waals surface area (Å²) in [6.45, 7) is 32.9. The molecule has 2 N–H and O–H groups in total. The number of allylic oxidation sites excluding steroid dienone is 1. The number of halogens is 4. The molecule has 5 aromatic rings. The van der Waals surface area contributed by atoms with Gasteiger partial charge in [-0.15, -0.1) is 55.7 Å². The van der Waals surface area contributed by atoms with Crippen molar-refractivity contribution >= 4 is 55.7 Å². The third-order valence-electron chi connectivity index (χ3n) is 16.6. The fourth-order valence-electron chi connectivity index (χ4n) is 11.3. The van der Waals surface area contributed by atoms with Crippen molar-refractivity contribution < 1.29 is 21.5 Å². The largest absolute Gasteiger partial charge is 1.00 e. The molecule has 0 fully saturated rings. The summed E-state index contributed by atoms with van der Waals surface area (Å²) in [6.07, 6.45) is 33.5. The summed E-state index contributed by atoms with van der Waals surface area (Å²) in [4.78, 5) is 0. The molecule has 2 unspecified atom stereocenters. The molecule has 83 heavy (non-hydrogen) atoms. The average molecular weight is 1300 g/mol. The van der Waals surface area contributed by atoms with E-state index in [1.165, 1.54) is 229 Å². The summed E-state index contributed by atoms with van der Waals surface area (Å²) in [7, 11) is 6.27. The van der Waals surface area contributed by atoms with Crippen LogP contribution in [0.25, 0.3) is 11.1 Å². The summed E-state index contributed by atoms with van der Waals surface area (Å²) in [5.41, 5.74) is 17.4. The Labute approximate surface area is 547 Å². The van der Waals surface area contributed by atoms with Crippen molar-refractivity contribution in [1.29, 1.82) is 0 Å². The lowest BCUT2D eigenvalue weighted by Crippen LogP contribution is -3.00. The minimum Gasteiger partial charge on any atom is -1.00 e. The minimum atomic E-state index is -0.311. The number of quaternary nitrogens is 1. The second kappa shape index (κ2) is 50.9. The van der Waals surface area contributed by atoms with Gasteiger partial charge in [0.25, 0.3) is 0 Å². The van der Waals surface area contributed by atoms with Crippen LogP contribution in [-0.4, -0.2) is 35.8 Å². The van der Waals surface area contributed by atoms with Gasteiger partial charge >= 0.3 is 0 Å². The van der Waals surface area contributed by atoms with Gasteiger partial charge in [-0.05, 0) is 116 Å². The Morgan fingerprint density at radius 1 is 0.410 bits per heavy atom. The average Bonchev–Trinajstić information content (AvgIpc) is 3.50. The summed E-state index contributed by atoms with van der Waals surface area (Å²) < 4.78 is 1.42. The third kappa shape index (κ3) is 30.6. The molecule has 0 radical (unpaired) electrons. The summed E-state index contributed by atoms with van der Waals surface area (Å²) in [5.74, 6) is 0. The normalized spacial score (nSPS) is 11.1. The zero-order valence-electron chi connectivity index (χ0n) is 54.5. The van der Waals surface area contributed by atoms with Crippen LogP contribution in [0.15, 0.2) is 152 Å². The molecular formula is C75H124BrCl3N2P2. The zero-order valence-corrected chi connectivity index (χ0v) is 60.8. The van der Waals surface area contributed by atoms with E-state index in [1.54, 1.807) is 0 Å². The fourth-order valence-corrected chi connectivity index (χ4v) is 12.5. The molecule has 0 spiro atoms.